The summed E-state index contributed by atoms with van der Waals surface area (Å²) in [6.45, 7) is 0.261. The first-order chi connectivity index (χ1) is 17.2. The molecule has 3 aromatic rings. The second-order valence-corrected chi connectivity index (χ2v) is 10.4. The summed E-state index contributed by atoms with van der Waals surface area (Å²) in [5.74, 6) is -0.468. The normalized spacial score (nSPS) is 15.4. The van der Waals surface area contributed by atoms with Gasteiger partial charge in [0.2, 0.25) is 0 Å². The number of carbonyl (C=O) groups excluding carboxylic acids is 2. The quantitative estimate of drug-likeness (QED) is 0.423. The number of fused-ring (bicyclic) bond motifs is 1. The average Bonchev–Trinajstić information content (AvgIpc) is 2.86. The van der Waals surface area contributed by atoms with Gasteiger partial charge in [-0.2, -0.15) is 0 Å². The van der Waals surface area contributed by atoms with E-state index in [1.54, 1.807) is 25.2 Å². The molecule has 0 saturated heterocycles. The van der Waals surface area contributed by atoms with Crippen molar-refractivity contribution in [2.45, 2.75) is 36.6 Å². The summed E-state index contributed by atoms with van der Waals surface area (Å²) in [7, 11) is -2.38. The highest BCUT2D eigenvalue weighted by molar-refractivity contribution is 7.90. The fourth-order valence-corrected chi connectivity index (χ4v) is 5.07. The first kappa shape index (κ1) is 25.2. The lowest BCUT2D eigenvalue weighted by Gasteiger charge is -2.19. The van der Waals surface area contributed by atoms with Crippen molar-refractivity contribution in [3.8, 4) is 0 Å². The summed E-state index contributed by atoms with van der Waals surface area (Å²) in [6, 6.07) is 14.2. The molecule has 1 heterocycles. The molecule has 10 heteroatoms. The van der Waals surface area contributed by atoms with Crippen LogP contribution in [-0.2, 0) is 23.5 Å². The molecule has 0 aliphatic heterocycles. The zero-order chi connectivity index (χ0) is 25.7. The number of sulfonamides is 1. The van der Waals surface area contributed by atoms with Crippen LogP contribution < -0.4 is 20.9 Å². The Morgan fingerprint density at radius 2 is 1.81 bits per heavy atom. The van der Waals surface area contributed by atoms with Crippen molar-refractivity contribution in [2.75, 3.05) is 6.54 Å². The van der Waals surface area contributed by atoms with Gasteiger partial charge in [-0.15, -0.1) is 0 Å². The minimum atomic E-state index is -4.01. The Bertz CT molecular complexity index is 1480. The van der Waals surface area contributed by atoms with E-state index >= 15 is 0 Å². The number of pyridine rings is 1. The maximum Gasteiger partial charge on any atom is 0.328 e. The number of carbonyl (C=O) groups is 2. The van der Waals surface area contributed by atoms with Crippen LogP contribution in [0.25, 0.3) is 10.9 Å². The van der Waals surface area contributed by atoms with E-state index in [1.165, 1.54) is 16.7 Å². The Kier molecular flexibility index (Phi) is 7.54. The van der Waals surface area contributed by atoms with Crippen molar-refractivity contribution >= 4 is 32.9 Å². The van der Waals surface area contributed by atoms with E-state index in [4.69, 9.17) is 0 Å². The van der Waals surface area contributed by atoms with Gasteiger partial charge in [0.05, 0.1) is 10.4 Å². The maximum atomic E-state index is 12.6. The number of hydrogen-bond acceptors (Lipinski definition) is 5. The lowest BCUT2D eigenvalue weighted by Crippen LogP contribution is -2.44. The molecule has 3 N–H and O–H groups in total. The third kappa shape index (κ3) is 5.83. The zero-order valence-electron chi connectivity index (χ0n) is 19.9. The molecular formula is C26H28N4O5S. The first-order valence-electron chi connectivity index (χ1n) is 11.7. The topological polar surface area (TPSA) is 126 Å². The van der Waals surface area contributed by atoms with Crippen LogP contribution in [0.4, 0.5) is 4.79 Å². The van der Waals surface area contributed by atoms with Crippen molar-refractivity contribution in [2.24, 2.45) is 7.05 Å². The SMILES string of the molecule is Cn1c(=O)c(C(=O)NCCc2ccc(S(=O)(=O)NC(=O)NC3CC=CCC3)cc2)cc2ccccc21. The molecule has 0 saturated carbocycles. The van der Waals surface area contributed by atoms with E-state index in [0.29, 0.717) is 12.8 Å². The number of aromatic nitrogens is 1. The highest BCUT2D eigenvalue weighted by atomic mass is 32.2. The Balaban J connectivity index is 1.33. The van der Waals surface area contributed by atoms with Crippen molar-refractivity contribution in [3.05, 3.63) is 88.2 Å². The number of rotatable bonds is 7. The molecule has 3 amide bonds. The zero-order valence-corrected chi connectivity index (χ0v) is 20.7. The van der Waals surface area contributed by atoms with Crippen molar-refractivity contribution < 1.29 is 18.0 Å². The monoisotopic (exact) mass is 508 g/mol. The molecule has 1 unspecified atom stereocenters. The van der Waals surface area contributed by atoms with Crippen LogP contribution in [0.15, 0.2) is 76.4 Å². The summed E-state index contributed by atoms with van der Waals surface area (Å²) in [5.41, 5.74) is 1.22. The van der Waals surface area contributed by atoms with Crippen LogP contribution in [0.3, 0.4) is 0 Å². The van der Waals surface area contributed by atoms with Gasteiger partial charge in [0.15, 0.2) is 0 Å². The molecule has 2 aromatic carbocycles. The molecular weight excluding hydrogens is 480 g/mol. The van der Waals surface area contributed by atoms with Gasteiger partial charge in [0.25, 0.3) is 21.5 Å². The van der Waals surface area contributed by atoms with Crippen LogP contribution >= 0.6 is 0 Å². The highest BCUT2D eigenvalue weighted by Crippen LogP contribution is 2.14. The van der Waals surface area contributed by atoms with E-state index in [1.807, 2.05) is 41.1 Å². The minimum absolute atomic E-state index is 0.0337. The van der Waals surface area contributed by atoms with Crippen LogP contribution in [-0.4, -0.2) is 37.5 Å². The van der Waals surface area contributed by atoms with Gasteiger partial charge < -0.3 is 15.2 Å². The van der Waals surface area contributed by atoms with Crippen LogP contribution in [0.5, 0.6) is 0 Å². The first-order valence-corrected chi connectivity index (χ1v) is 13.2. The predicted octanol–water partition coefficient (Wildman–Crippen LogP) is 2.61. The minimum Gasteiger partial charge on any atom is -0.352 e. The predicted molar refractivity (Wildman–Crippen MR) is 137 cm³/mol. The van der Waals surface area contributed by atoms with Gasteiger partial charge in [-0.05, 0) is 60.9 Å². The van der Waals surface area contributed by atoms with Crippen molar-refractivity contribution in [1.82, 2.24) is 19.9 Å². The van der Waals surface area contributed by atoms with Gasteiger partial charge in [0, 0.05) is 19.6 Å². The molecule has 188 valence electrons. The number of para-hydroxylation sites is 1. The summed E-state index contributed by atoms with van der Waals surface area (Å²) in [6.07, 6.45) is 6.72. The third-order valence-corrected chi connectivity index (χ3v) is 7.49. The number of amides is 3. The van der Waals surface area contributed by atoms with Gasteiger partial charge in [-0.3, -0.25) is 9.59 Å². The number of nitrogens with one attached hydrogen (secondary N) is 3. The second kappa shape index (κ2) is 10.8. The third-order valence-electron chi connectivity index (χ3n) is 6.14. The number of hydrogen-bond donors (Lipinski definition) is 3. The number of nitrogens with zero attached hydrogens (tertiary/aromatic N) is 1. The molecule has 1 atom stereocenters. The number of aryl methyl sites for hydroxylation is 1. The molecule has 1 aliphatic rings. The molecule has 0 fully saturated rings. The maximum absolute atomic E-state index is 12.6. The second-order valence-electron chi connectivity index (χ2n) is 8.69. The Labute approximate surface area is 209 Å². The lowest BCUT2D eigenvalue weighted by molar-refractivity contribution is 0.0952. The fraction of sp³-hybridized carbons (Fsp3) is 0.269. The molecule has 0 radical (unpaired) electrons. The van der Waals surface area contributed by atoms with E-state index < -0.39 is 22.0 Å². The summed E-state index contributed by atoms with van der Waals surface area (Å²) in [4.78, 5) is 37.3. The van der Waals surface area contributed by atoms with Gasteiger partial charge in [0.1, 0.15) is 5.56 Å². The van der Waals surface area contributed by atoms with E-state index in [9.17, 15) is 22.8 Å². The van der Waals surface area contributed by atoms with Gasteiger partial charge in [-0.25, -0.2) is 17.9 Å². The van der Waals surface area contributed by atoms with Gasteiger partial charge >= 0.3 is 6.03 Å². The van der Waals surface area contributed by atoms with E-state index in [0.717, 1.165) is 29.3 Å². The molecule has 9 nitrogen and oxygen atoms in total. The fourth-order valence-electron chi connectivity index (χ4n) is 4.16. The van der Waals surface area contributed by atoms with Gasteiger partial charge in [-0.1, -0.05) is 42.5 Å². The number of urea groups is 1. The molecule has 0 bridgehead atoms. The highest BCUT2D eigenvalue weighted by Gasteiger charge is 2.20. The van der Waals surface area contributed by atoms with E-state index in [2.05, 4.69) is 10.6 Å². The molecule has 1 aromatic heterocycles. The summed E-state index contributed by atoms with van der Waals surface area (Å²) >= 11 is 0. The lowest BCUT2D eigenvalue weighted by atomic mass is 10.0. The number of allylic oxidation sites excluding steroid dienone is 1. The molecule has 0 spiro atoms. The largest absolute Gasteiger partial charge is 0.352 e. The molecule has 1 aliphatic carbocycles. The summed E-state index contributed by atoms with van der Waals surface area (Å²) in [5, 5.41) is 6.22. The Morgan fingerprint density at radius 1 is 1.06 bits per heavy atom. The average molecular weight is 509 g/mol. The van der Waals surface area contributed by atoms with Crippen LogP contribution in [0, 0.1) is 0 Å². The number of benzene rings is 2. The van der Waals surface area contributed by atoms with Crippen molar-refractivity contribution in [3.63, 3.8) is 0 Å². The Morgan fingerprint density at radius 3 is 2.53 bits per heavy atom. The van der Waals surface area contributed by atoms with Crippen molar-refractivity contribution in [1.29, 1.82) is 0 Å². The molecule has 4 rings (SSSR count). The molecule has 36 heavy (non-hydrogen) atoms. The summed E-state index contributed by atoms with van der Waals surface area (Å²) < 4.78 is 28.6. The van der Waals surface area contributed by atoms with E-state index in [-0.39, 0.29) is 28.6 Å². The van der Waals surface area contributed by atoms with Crippen LogP contribution in [0.1, 0.15) is 35.2 Å². The smallest absolute Gasteiger partial charge is 0.328 e. The standard InChI is InChI=1S/C26H28N4O5S/c1-30-23-10-6-5-7-19(23)17-22(25(30)32)24(31)27-16-15-18-11-13-21(14-12-18)36(34,35)29-26(33)28-20-8-3-2-4-9-20/h2-3,5-7,10-14,17,20H,4,8-9,15-16H2,1H3,(H,27,31)(H2,28,29,33). The van der Waals surface area contributed by atoms with Crippen LogP contribution in [0.2, 0.25) is 0 Å². The Hall–Kier alpha value is -3.92.